The molecule has 170 valence electrons. The third-order valence-corrected chi connectivity index (χ3v) is 14.6. The zero-order valence-corrected chi connectivity index (χ0v) is 22.0. The van der Waals surface area contributed by atoms with Gasteiger partial charge < -0.3 is 9.13 Å². The molecule has 3 aromatic rings. The quantitative estimate of drug-likeness (QED) is 0.350. The molecule has 3 rings (SSSR count). The van der Waals surface area contributed by atoms with E-state index in [1.54, 1.807) is 0 Å². The van der Waals surface area contributed by atoms with Crippen LogP contribution >= 0.6 is 14.3 Å². The van der Waals surface area contributed by atoms with Crippen LogP contribution in [0, 0.1) is 0 Å². The summed E-state index contributed by atoms with van der Waals surface area (Å²) in [5, 5.41) is 1.20. The van der Waals surface area contributed by atoms with E-state index in [1.807, 2.05) is 60.7 Å². The molecule has 4 heteroatoms. The molecule has 0 aliphatic heterocycles. The lowest BCUT2D eigenvalue weighted by Crippen LogP contribution is -2.24. The van der Waals surface area contributed by atoms with E-state index in [-0.39, 0.29) is 10.3 Å². The van der Waals surface area contributed by atoms with Crippen molar-refractivity contribution in [2.45, 2.75) is 64.2 Å². The van der Waals surface area contributed by atoms with E-state index in [2.05, 4.69) is 65.8 Å². The lowest BCUT2D eigenvalue weighted by Gasteiger charge is -2.33. The maximum atomic E-state index is 14.2. The normalized spacial score (nSPS) is 16.2. The molecule has 2 unspecified atom stereocenters. The number of hydrogen-bond donors (Lipinski definition) is 0. The molecule has 0 saturated heterocycles. The standard InChI is InChI=1S/C28H36O2P2/c1-27(2,3)31(29,25-13-9-7-10-14-25)21-23-17-19-24(20-18-23)22-32(30,28(4,5)6)26-15-11-8-12-16-26/h7-20H,21-22H2,1-6H3. The average Bonchev–Trinajstić information content (AvgIpc) is 2.74. The van der Waals surface area contributed by atoms with Crippen molar-refractivity contribution in [2.24, 2.45) is 0 Å². The average molecular weight is 467 g/mol. The van der Waals surface area contributed by atoms with Crippen molar-refractivity contribution >= 4 is 24.9 Å². The highest BCUT2D eigenvalue weighted by atomic mass is 31.2. The minimum atomic E-state index is -2.66. The Morgan fingerprint density at radius 2 is 0.781 bits per heavy atom. The minimum Gasteiger partial charge on any atom is -0.318 e. The molecule has 0 fully saturated rings. The fourth-order valence-electron chi connectivity index (χ4n) is 4.03. The fraction of sp³-hybridized carbons (Fsp3) is 0.357. The molecule has 0 heterocycles. The van der Waals surface area contributed by atoms with Crippen LogP contribution in [0.5, 0.6) is 0 Å². The monoisotopic (exact) mass is 466 g/mol. The van der Waals surface area contributed by atoms with Crippen LogP contribution in [0.3, 0.4) is 0 Å². The number of hydrogen-bond acceptors (Lipinski definition) is 2. The molecule has 3 aromatic carbocycles. The SMILES string of the molecule is CC(C)(C)P(=O)(Cc1ccc(CP(=O)(c2ccccc2)C(C)(C)C)cc1)c1ccccc1. The molecule has 0 aliphatic carbocycles. The van der Waals surface area contributed by atoms with E-state index < -0.39 is 14.3 Å². The third-order valence-electron chi connectivity index (χ3n) is 6.35. The Balaban J connectivity index is 1.90. The van der Waals surface area contributed by atoms with Gasteiger partial charge in [-0.3, -0.25) is 0 Å². The molecule has 2 nitrogen and oxygen atoms in total. The Bertz CT molecular complexity index is 1030. The smallest absolute Gasteiger partial charge is 0.124 e. The Morgan fingerprint density at radius 3 is 1.03 bits per heavy atom. The van der Waals surface area contributed by atoms with E-state index in [0.29, 0.717) is 12.3 Å². The summed E-state index contributed by atoms with van der Waals surface area (Å²) in [7, 11) is -5.33. The van der Waals surface area contributed by atoms with Gasteiger partial charge in [-0.25, -0.2) is 0 Å². The van der Waals surface area contributed by atoms with Gasteiger partial charge >= 0.3 is 0 Å². The predicted molar refractivity (Wildman–Crippen MR) is 141 cm³/mol. The van der Waals surface area contributed by atoms with E-state index >= 15 is 0 Å². The van der Waals surface area contributed by atoms with Crippen LogP contribution in [0.15, 0.2) is 84.9 Å². The first kappa shape index (κ1) is 24.8. The summed E-state index contributed by atoms with van der Waals surface area (Å²) in [6.07, 6.45) is 1.05. The minimum absolute atomic E-state index is 0.331. The van der Waals surface area contributed by atoms with Gasteiger partial charge in [-0.15, -0.1) is 0 Å². The highest BCUT2D eigenvalue weighted by Crippen LogP contribution is 2.60. The van der Waals surface area contributed by atoms with Crippen molar-refractivity contribution in [3.05, 3.63) is 96.1 Å². The number of benzene rings is 3. The molecule has 2 atom stereocenters. The highest BCUT2D eigenvalue weighted by Gasteiger charge is 2.39. The van der Waals surface area contributed by atoms with Crippen LogP contribution in [0.2, 0.25) is 0 Å². The van der Waals surface area contributed by atoms with Crippen molar-refractivity contribution in [3.8, 4) is 0 Å². The van der Waals surface area contributed by atoms with Gasteiger partial charge in [0.15, 0.2) is 0 Å². The van der Waals surface area contributed by atoms with Gasteiger partial charge in [0.05, 0.1) is 0 Å². The van der Waals surface area contributed by atoms with Crippen LogP contribution in [-0.2, 0) is 21.5 Å². The van der Waals surface area contributed by atoms with Crippen LogP contribution in [0.4, 0.5) is 0 Å². The molecule has 0 amide bonds. The van der Waals surface area contributed by atoms with Crippen molar-refractivity contribution in [1.29, 1.82) is 0 Å². The Kier molecular flexibility index (Phi) is 7.09. The summed E-state index contributed by atoms with van der Waals surface area (Å²) < 4.78 is 28.4. The van der Waals surface area contributed by atoms with Gasteiger partial charge in [0.25, 0.3) is 0 Å². The summed E-state index contributed by atoms with van der Waals surface area (Å²) in [5.41, 5.74) is 2.11. The second-order valence-corrected chi connectivity index (χ2v) is 17.9. The summed E-state index contributed by atoms with van der Waals surface area (Å²) in [6.45, 7) is 12.4. The highest BCUT2D eigenvalue weighted by molar-refractivity contribution is 7.72. The number of rotatable bonds is 6. The van der Waals surface area contributed by atoms with Crippen molar-refractivity contribution in [1.82, 2.24) is 0 Å². The van der Waals surface area contributed by atoms with Crippen molar-refractivity contribution in [3.63, 3.8) is 0 Å². The maximum Gasteiger partial charge on any atom is 0.124 e. The van der Waals surface area contributed by atoms with Gasteiger partial charge in [-0.05, 0) is 11.1 Å². The zero-order chi connectivity index (χ0) is 23.6. The molecule has 32 heavy (non-hydrogen) atoms. The molecular formula is C28H36O2P2. The zero-order valence-electron chi connectivity index (χ0n) is 20.2. The Hall–Kier alpha value is -1.88. The third kappa shape index (κ3) is 5.03. The van der Waals surface area contributed by atoms with Crippen molar-refractivity contribution in [2.75, 3.05) is 0 Å². The van der Waals surface area contributed by atoms with Gasteiger partial charge in [-0.2, -0.15) is 0 Å². The molecule has 0 bridgehead atoms. The van der Waals surface area contributed by atoms with Gasteiger partial charge in [0.2, 0.25) is 0 Å². The van der Waals surface area contributed by atoms with Crippen LogP contribution in [0.25, 0.3) is 0 Å². The largest absolute Gasteiger partial charge is 0.318 e. The second-order valence-electron chi connectivity index (χ2n) is 10.6. The van der Waals surface area contributed by atoms with E-state index in [9.17, 15) is 9.13 Å². The molecular weight excluding hydrogens is 430 g/mol. The fourth-order valence-corrected chi connectivity index (χ4v) is 9.65. The van der Waals surface area contributed by atoms with Gasteiger partial charge in [0, 0.05) is 33.2 Å². The van der Waals surface area contributed by atoms with Gasteiger partial charge in [0.1, 0.15) is 14.3 Å². The topological polar surface area (TPSA) is 34.1 Å². The second kappa shape index (κ2) is 9.17. The maximum absolute atomic E-state index is 14.2. The van der Waals surface area contributed by atoms with Crippen LogP contribution < -0.4 is 10.6 Å². The summed E-state index contributed by atoms with van der Waals surface area (Å²) >= 11 is 0. The van der Waals surface area contributed by atoms with E-state index in [0.717, 1.165) is 21.7 Å². The van der Waals surface area contributed by atoms with Crippen LogP contribution in [0.1, 0.15) is 52.7 Å². The predicted octanol–water partition coefficient (Wildman–Crippen LogP) is 7.66. The molecule has 0 aromatic heterocycles. The van der Waals surface area contributed by atoms with Crippen LogP contribution in [-0.4, -0.2) is 10.3 Å². The first-order valence-electron chi connectivity index (χ1n) is 11.2. The molecule has 0 N–H and O–H groups in total. The molecule has 0 spiro atoms. The summed E-state index contributed by atoms with van der Waals surface area (Å²) in [6, 6.07) is 28.0. The first-order valence-corrected chi connectivity index (χ1v) is 15.0. The molecule has 0 aliphatic rings. The van der Waals surface area contributed by atoms with Gasteiger partial charge in [-0.1, -0.05) is 126 Å². The molecule has 0 saturated carbocycles. The molecule has 0 radical (unpaired) electrons. The summed E-state index contributed by atoms with van der Waals surface area (Å²) in [4.78, 5) is 0. The Labute approximate surface area is 194 Å². The lowest BCUT2D eigenvalue weighted by molar-refractivity contribution is 0.554. The Morgan fingerprint density at radius 1 is 0.500 bits per heavy atom. The lowest BCUT2D eigenvalue weighted by atomic mass is 10.2. The van der Waals surface area contributed by atoms with E-state index in [4.69, 9.17) is 0 Å². The first-order chi connectivity index (χ1) is 14.9. The van der Waals surface area contributed by atoms with Crippen molar-refractivity contribution < 1.29 is 9.13 Å². The summed E-state index contributed by atoms with van der Waals surface area (Å²) in [5.74, 6) is 0. The van der Waals surface area contributed by atoms with E-state index in [1.165, 1.54) is 0 Å².